The molecule has 0 aliphatic heterocycles. The van der Waals surface area contributed by atoms with Crippen LogP contribution in [-0.4, -0.2) is 27.9 Å². The van der Waals surface area contributed by atoms with Gasteiger partial charge >= 0.3 is 5.97 Å². The van der Waals surface area contributed by atoms with E-state index in [1.54, 1.807) is 0 Å². The number of carboxylic acids is 1. The quantitative estimate of drug-likeness (QED) is 0.763. The number of aryl methyl sites for hydroxylation is 1. The van der Waals surface area contributed by atoms with E-state index in [2.05, 4.69) is 16.8 Å². The summed E-state index contributed by atoms with van der Waals surface area (Å²) in [6.07, 6.45) is 2.77. The van der Waals surface area contributed by atoms with Crippen molar-refractivity contribution in [2.75, 3.05) is 6.61 Å². The molecular formula is C12H16N2O3. The summed E-state index contributed by atoms with van der Waals surface area (Å²) in [4.78, 5) is 11.3. The summed E-state index contributed by atoms with van der Waals surface area (Å²) in [5, 5.41) is 17.0. The molecule has 0 aromatic carbocycles. The van der Waals surface area contributed by atoms with E-state index in [-0.39, 0.29) is 18.1 Å². The molecule has 0 amide bonds. The van der Waals surface area contributed by atoms with E-state index in [1.165, 1.54) is 6.08 Å². The van der Waals surface area contributed by atoms with Gasteiger partial charge in [0.25, 0.3) is 0 Å². The van der Waals surface area contributed by atoms with Gasteiger partial charge in [-0.1, -0.05) is 26.5 Å². The monoisotopic (exact) mass is 236 g/mol. The predicted molar refractivity (Wildman–Crippen MR) is 63.4 cm³/mol. The molecule has 0 saturated heterocycles. The third kappa shape index (κ3) is 2.81. The van der Waals surface area contributed by atoms with Crippen LogP contribution in [0.4, 0.5) is 0 Å². The van der Waals surface area contributed by atoms with Crippen molar-refractivity contribution in [3.05, 3.63) is 29.5 Å². The maximum atomic E-state index is 11.3. The van der Waals surface area contributed by atoms with Crippen molar-refractivity contribution in [3.8, 4) is 5.88 Å². The lowest BCUT2D eigenvalue weighted by Crippen LogP contribution is -2.13. The molecule has 1 rings (SSSR count). The highest BCUT2D eigenvalue weighted by Crippen LogP contribution is 2.22. The Kier molecular flexibility index (Phi) is 4.63. The fourth-order valence-corrected chi connectivity index (χ4v) is 1.61. The Hall–Kier alpha value is -1.91. The van der Waals surface area contributed by atoms with E-state index in [4.69, 9.17) is 4.74 Å². The Bertz CT molecular complexity index is 430. The third-order valence-corrected chi connectivity index (χ3v) is 2.37. The van der Waals surface area contributed by atoms with E-state index in [0.29, 0.717) is 24.1 Å². The second-order valence-electron chi connectivity index (χ2n) is 3.42. The summed E-state index contributed by atoms with van der Waals surface area (Å²) < 4.78 is 5.22. The van der Waals surface area contributed by atoms with Gasteiger partial charge in [-0.2, -0.15) is 5.10 Å². The maximum absolute atomic E-state index is 11.3. The number of nitrogens with zero attached hydrogens (tertiary/aromatic N) is 2. The smallest absolute Gasteiger partial charge is 0.341 e. The Labute approximate surface area is 100 Å². The van der Waals surface area contributed by atoms with E-state index in [9.17, 15) is 9.90 Å². The van der Waals surface area contributed by atoms with Crippen molar-refractivity contribution in [2.24, 2.45) is 0 Å². The molecule has 0 aliphatic rings. The van der Waals surface area contributed by atoms with Crippen LogP contribution in [0.15, 0.2) is 12.7 Å². The zero-order chi connectivity index (χ0) is 12.8. The fraction of sp³-hybridized carbons (Fsp3) is 0.417. The first-order chi connectivity index (χ1) is 8.15. The Morgan fingerprint density at radius 1 is 1.41 bits per heavy atom. The van der Waals surface area contributed by atoms with Crippen LogP contribution in [0.3, 0.4) is 0 Å². The summed E-state index contributed by atoms with van der Waals surface area (Å²) >= 11 is 0. The summed E-state index contributed by atoms with van der Waals surface area (Å²) in [5.74, 6) is -0.975. The van der Waals surface area contributed by atoms with Crippen LogP contribution in [0, 0.1) is 0 Å². The van der Waals surface area contributed by atoms with E-state index < -0.39 is 5.97 Å². The number of hydrogen-bond donors (Lipinski definition) is 1. The third-order valence-electron chi connectivity index (χ3n) is 2.37. The SMILES string of the molecule is C=CCOc1nnc(CC)c(CC)c1C(=O)O. The lowest BCUT2D eigenvalue weighted by atomic mass is 10.0. The second kappa shape index (κ2) is 5.98. The van der Waals surface area contributed by atoms with E-state index in [0.717, 1.165) is 0 Å². The number of carboxylic acid groups (broad SMARTS) is 1. The molecule has 0 atom stereocenters. The van der Waals surface area contributed by atoms with Crippen molar-refractivity contribution >= 4 is 5.97 Å². The molecule has 92 valence electrons. The van der Waals surface area contributed by atoms with Gasteiger partial charge in [-0.15, -0.1) is 5.10 Å². The van der Waals surface area contributed by atoms with Crippen molar-refractivity contribution in [2.45, 2.75) is 26.7 Å². The molecule has 1 N–H and O–H groups in total. The van der Waals surface area contributed by atoms with Crippen molar-refractivity contribution in [1.29, 1.82) is 0 Å². The number of rotatable bonds is 6. The number of carbonyl (C=O) groups is 1. The van der Waals surface area contributed by atoms with Crippen LogP contribution in [0.25, 0.3) is 0 Å². The van der Waals surface area contributed by atoms with Gasteiger partial charge in [-0.05, 0) is 18.4 Å². The van der Waals surface area contributed by atoms with Gasteiger partial charge in [-0.3, -0.25) is 0 Å². The molecule has 1 aromatic heterocycles. The molecule has 1 aromatic rings. The van der Waals surface area contributed by atoms with Crippen LogP contribution in [0.5, 0.6) is 5.88 Å². The first-order valence-corrected chi connectivity index (χ1v) is 5.51. The average molecular weight is 236 g/mol. The van der Waals surface area contributed by atoms with Gasteiger partial charge in [-0.25, -0.2) is 4.79 Å². The number of aromatic nitrogens is 2. The van der Waals surface area contributed by atoms with Crippen LogP contribution in [-0.2, 0) is 12.8 Å². The molecule has 0 saturated carbocycles. The van der Waals surface area contributed by atoms with Gasteiger partial charge in [0, 0.05) is 0 Å². The van der Waals surface area contributed by atoms with Crippen LogP contribution >= 0.6 is 0 Å². The van der Waals surface area contributed by atoms with Gasteiger partial charge < -0.3 is 9.84 Å². The molecule has 1 heterocycles. The second-order valence-corrected chi connectivity index (χ2v) is 3.42. The summed E-state index contributed by atoms with van der Waals surface area (Å²) in [6.45, 7) is 7.52. The van der Waals surface area contributed by atoms with Crippen LogP contribution < -0.4 is 4.74 Å². The van der Waals surface area contributed by atoms with Gasteiger partial charge in [0.2, 0.25) is 5.88 Å². The topological polar surface area (TPSA) is 72.3 Å². The minimum atomic E-state index is -1.04. The van der Waals surface area contributed by atoms with Crippen molar-refractivity contribution in [3.63, 3.8) is 0 Å². The molecule has 5 heteroatoms. The minimum absolute atomic E-state index is 0.0615. The molecule has 0 aliphatic carbocycles. The highest BCUT2D eigenvalue weighted by atomic mass is 16.5. The van der Waals surface area contributed by atoms with Crippen LogP contribution in [0.2, 0.25) is 0 Å². The summed E-state index contributed by atoms with van der Waals surface area (Å²) in [5.41, 5.74) is 1.51. The number of ether oxygens (including phenoxy) is 1. The van der Waals surface area contributed by atoms with E-state index >= 15 is 0 Å². The first-order valence-electron chi connectivity index (χ1n) is 5.51. The Morgan fingerprint density at radius 2 is 2.12 bits per heavy atom. The fourth-order valence-electron chi connectivity index (χ4n) is 1.61. The lowest BCUT2D eigenvalue weighted by Gasteiger charge is -2.11. The molecule has 0 spiro atoms. The van der Waals surface area contributed by atoms with E-state index in [1.807, 2.05) is 13.8 Å². The zero-order valence-corrected chi connectivity index (χ0v) is 10.1. The molecule has 17 heavy (non-hydrogen) atoms. The largest absolute Gasteiger partial charge is 0.477 e. The maximum Gasteiger partial charge on any atom is 0.341 e. The molecule has 0 fully saturated rings. The number of aromatic carboxylic acids is 1. The van der Waals surface area contributed by atoms with Crippen molar-refractivity contribution in [1.82, 2.24) is 10.2 Å². The predicted octanol–water partition coefficient (Wildman–Crippen LogP) is 1.86. The standard InChI is InChI=1S/C12H16N2O3/c1-4-7-17-11-10(12(15)16)8(5-2)9(6-3)13-14-11/h4H,1,5-7H2,2-3H3,(H,15,16). The average Bonchev–Trinajstić information content (AvgIpc) is 2.34. The molecule has 5 nitrogen and oxygen atoms in total. The molecule has 0 unspecified atom stereocenters. The molecule has 0 radical (unpaired) electrons. The summed E-state index contributed by atoms with van der Waals surface area (Å²) in [7, 11) is 0. The molecule has 0 bridgehead atoms. The van der Waals surface area contributed by atoms with Gasteiger partial charge in [0.15, 0.2) is 0 Å². The number of hydrogen-bond acceptors (Lipinski definition) is 4. The Balaban J connectivity index is 3.31. The van der Waals surface area contributed by atoms with Gasteiger partial charge in [0.05, 0.1) is 5.69 Å². The van der Waals surface area contributed by atoms with Crippen molar-refractivity contribution < 1.29 is 14.6 Å². The summed E-state index contributed by atoms with van der Waals surface area (Å²) in [6, 6.07) is 0. The Morgan fingerprint density at radius 3 is 2.59 bits per heavy atom. The zero-order valence-electron chi connectivity index (χ0n) is 10.1. The van der Waals surface area contributed by atoms with Crippen LogP contribution in [0.1, 0.15) is 35.5 Å². The highest BCUT2D eigenvalue weighted by Gasteiger charge is 2.21. The molecular weight excluding hydrogens is 220 g/mol. The first kappa shape index (κ1) is 13.2. The lowest BCUT2D eigenvalue weighted by molar-refractivity contribution is 0.0690. The highest BCUT2D eigenvalue weighted by molar-refractivity contribution is 5.92. The normalized spacial score (nSPS) is 10.0. The minimum Gasteiger partial charge on any atom is -0.477 e. The van der Waals surface area contributed by atoms with Gasteiger partial charge in [0.1, 0.15) is 12.2 Å².